The molecule has 0 aliphatic rings. The second kappa shape index (κ2) is 6.16. The standard InChI is InChI=1S/C15H17N3O2/c1-10-5-3-6-11(2)14(10)20-9-12-7-4-8-13(17-12)15(19)18-16/h3-8H,9,16H2,1-2H3,(H,18,19). The molecule has 5 nitrogen and oxygen atoms in total. The van der Waals surface area contributed by atoms with Crippen LogP contribution in [0.4, 0.5) is 0 Å². The van der Waals surface area contributed by atoms with Crippen LogP contribution < -0.4 is 16.0 Å². The van der Waals surface area contributed by atoms with Crippen molar-refractivity contribution in [1.82, 2.24) is 10.4 Å². The monoisotopic (exact) mass is 271 g/mol. The van der Waals surface area contributed by atoms with Gasteiger partial charge in [-0.1, -0.05) is 24.3 Å². The Hall–Kier alpha value is -2.40. The molecule has 3 N–H and O–H groups in total. The summed E-state index contributed by atoms with van der Waals surface area (Å²) in [5.74, 6) is 5.52. The zero-order chi connectivity index (χ0) is 14.5. The molecule has 5 heteroatoms. The molecule has 0 aliphatic carbocycles. The Kier molecular flexibility index (Phi) is 4.32. The fraction of sp³-hybridized carbons (Fsp3) is 0.200. The molecule has 20 heavy (non-hydrogen) atoms. The lowest BCUT2D eigenvalue weighted by molar-refractivity contribution is 0.0948. The van der Waals surface area contributed by atoms with Crippen LogP contribution in [0.25, 0.3) is 0 Å². The first-order valence-corrected chi connectivity index (χ1v) is 6.27. The van der Waals surface area contributed by atoms with Crippen molar-refractivity contribution in [2.45, 2.75) is 20.5 Å². The Morgan fingerprint density at radius 1 is 1.20 bits per heavy atom. The summed E-state index contributed by atoms with van der Waals surface area (Å²) in [6.45, 7) is 4.29. The summed E-state index contributed by atoms with van der Waals surface area (Å²) in [6.07, 6.45) is 0. The molecule has 0 radical (unpaired) electrons. The van der Waals surface area contributed by atoms with E-state index in [0.717, 1.165) is 16.9 Å². The topological polar surface area (TPSA) is 77.2 Å². The normalized spacial score (nSPS) is 10.2. The van der Waals surface area contributed by atoms with Gasteiger partial charge >= 0.3 is 0 Å². The quantitative estimate of drug-likeness (QED) is 0.505. The number of hydrogen-bond acceptors (Lipinski definition) is 4. The molecule has 0 bridgehead atoms. The summed E-state index contributed by atoms with van der Waals surface area (Å²) in [7, 11) is 0. The van der Waals surface area contributed by atoms with Gasteiger partial charge in [-0.25, -0.2) is 10.8 Å². The van der Waals surface area contributed by atoms with Gasteiger partial charge in [0.25, 0.3) is 5.91 Å². The largest absolute Gasteiger partial charge is 0.487 e. The van der Waals surface area contributed by atoms with E-state index in [-0.39, 0.29) is 5.69 Å². The number of carbonyl (C=O) groups excluding carboxylic acids is 1. The van der Waals surface area contributed by atoms with Crippen molar-refractivity contribution >= 4 is 5.91 Å². The fourth-order valence-corrected chi connectivity index (χ4v) is 1.93. The average molecular weight is 271 g/mol. The van der Waals surface area contributed by atoms with Gasteiger partial charge in [0, 0.05) is 0 Å². The molecule has 0 saturated carbocycles. The summed E-state index contributed by atoms with van der Waals surface area (Å²) in [5, 5.41) is 0. The third-order valence-corrected chi connectivity index (χ3v) is 2.94. The highest BCUT2D eigenvalue weighted by molar-refractivity contribution is 5.91. The lowest BCUT2D eigenvalue weighted by Gasteiger charge is -2.11. The third-order valence-electron chi connectivity index (χ3n) is 2.94. The Morgan fingerprint density at radius 3 is 2.50 bits per heavy atom. The van der Waals surface area contributed by atoms with Crippen molar-refractivity contribution in [2.75, 3.05) is 0 Å². The van der Waals surface area contributed by atoms with Crippen LogP contribution >= 0.6 is 0 Å². The predicted octanol–water partition coefficient (Wildman–Crippen LogP) is 1.88. The third kappa shape index (κ3) is 3.13. The van der Waals surface area contributed by atoms with Crippen LogP contribution in [-0.2, 0) is 6.61 Å². The lowest BCUT2D eigenvalue weighted by atomic mass is 10.1. The summed E-state index contributed by atoms with van der Waals surface area (Å²) in [5.41, 5.74) is 5.15. The highest BCUT2D eigenvalue weighted by Crippen LogP contribution is 2.23. The average Bonchev–Trinajstić information content (AvgIpc) is 2.46. The second-order valence-corrected chi connectivity index (χ2v) is 4.50. The zero-order valence-corrected chi connectivity index (χ0v) is 11.5. The van der Waals surface area contributed by atoms with Crippen LogP contribution in [0.1, 0.15) is 27.3 Å². The van der Waals surface area contributed by atoms with Gasteiger partial charge < -0.3 is 4.74 Å². The second-order valence-electron chi connectivity index (χ2n) is 4.50. The molecular formula is C15H17N3O2. The minimum Gasteiger partial charge on any atom is -0.487 e. The number of hydrogen-bond donors (Lipinski definition) is 2. The number of aromatic nitrogens is 1. The van der Waals surface area contributed by atoms with E-state index in [2.05, 4.69) is 10.4 Å². The van der Waals surface area contributed by atoms with Gasteiger partial charge in [-0.3, -0.25) is 10.2 Å². The highest BCUT2D eigenvalue weighted by Gasteiger charge is 2.08. The number of rotatable bonds is 4. The van der Waals surface area contributed by atoms with Crippen molar-refractivity contribution in [3.05, 3.63) is 58.9 Å². The Morgan fingerprint density at radius 2 is 1.85 bits per heavy atom. The van der Waals surface area contributed by atoms with E-state index in [9.17, 15) is 4.79 Å². The van der Waals surface area contributed by atoms with Gasteiger partial charge in [-0.15, -0.1) is 0 Å². The molecule has 1 amide bonds. The van der Waals surface area contributed by atoms with E-state index in [0.29, 0.717) is 12.3 Å². The minimum absolute atomic E-state index is 0.273. The zero-order valence-electron chi connectivity index (χ0n) is 11.5. The van der Waals surface area contributed by atoms with Crippen LogP contribution in [0, 0.1) is 13.8 Å². The maximum Gasteiger partial charge on any atom is 0.283 e. The molecule has 1 aromatic heterocycles. The molecular weight excluding hydrogens is 254 g/mol. The van der Waals surface area contributed by atoms with Crippen LogP contribution in [-0.4, -0.2) is 10.9 Å². The van der Waals surface area contributed by atoms with Crippen molar-refractivity contribution < 1.29 is 9.53 Å². The molecule has 2 rings (SSSR count). The first-order valence-electron chi connectivity index (χ1n) is 6.27. The summed E-state index contributed by atoms with van der Waals surface area (Å²) in [4.78, 5) is 15.6. The van der Waals surface area contributed by atoms with E-state index < -0.39 is 5.91 Å². The molecule has 0 unspecified atom stereocenters. The molecule has 0 atom stereocenters. The SMILES string of the molecule is Cc1cccc(C)c1OCc1cccc(C(=O)NN)n1. The van der Waals surface area contributed by atoms with Gasteiger partial charge in [-0.05, 0) is 37.1 Å². The number of carbonyl (C=O) groups is 1. The molecule has 1 heterocycles. The number of aryl methyl sites for hydroxylation is 2. The van der Waals surface area contributed by atoms with E-state index in [4.69, 9.17) is 10.6 Å². The van der Waals surface area contributed by atoms with Crippen LogP contribution in [0.2, 0.25) is 0 Å². The van der Waals surface area contributed by atoms with E-state index >= 15 is 0 Å². The summed E-state index contributed by atoms with van der Waals surface area (Å²) >= 11 is 0. The van der Waals surface area contributed by atoms with Gasteiger partial charge in [0.1, 0.15) is 18.1 Å². The van der Waals surface area contributed by atoms with Gasteiger partial charge in [-0.2, -0.15) is 0 Å². The Balaban J connectivity index is 2.13. The number of nitrogen functional groups attached to an aromatic ring is 1. The van der Waals surface area contributed by atoms with Crippen LogP contribution in [0.5, 0.6) is 5.75 Å². The number of ether oxygens (including phenoxy) is 1. The fourth-order valence-electron chi connectivity index (χ4n) is 1.93. The molecule has 1 aromatic carbocycles. The maximum atomic E-state index is 11.4. The number of nitrogens with zero attached hydrogens (tertiary/aromatic N) is 1. The summed E-state index contributed by atoms with van der Waals surface area (Å²) in [6, 6.07) is 11.1. The number of hydrazine groups is 1. The number of para-hydroxylation sites is 1. The number of benzene rings is 1. The van der Waals surface area contributed by atoms with E-state index in [1.165, 1.54) is 0 Å². The molecule has 0 saturated heterocycles. The smallest absolute Gasteiger partial charge is 0.283 e. The van der Waals surface area contributed by atoms with Crippen molar-refractivity contribution in [3.63, 3.8) is 0 Å². The van der Waals surface area contributed by atoms with Crippen molar-refractivity contribution in [1.29, 1.82) is 0 Å². The molecule has 104 valence electrons. The minimum atomic E-state index is -0.418. The first kappa shape index (κ1) is 14.0. The molecule has 0 aliphatic heterocycles. The van der Waals surface area contributed by atoms with Gasteiger partial charge in [0.15, 0.2) is 0 Å². The number of nitrogens with one attached hydrogen (secondary N) is 1. The van der Waals surface area contributed by atoms with Gasteiger partial charge in [0.2, 0.25) is 0 Å². The molecule has 2 aromatic rings. The van der Waals surface area contributed by atoms with Crippen LogP contribution in [0.15, 0.2) is 36.4 Å². The van der Waals surface area contributed by atoms with Crippen molar-refractivity contribution in [2.24, 2.45) is 5.84 Å². The van der Waals surface area contributed by atoms with Gasteiger partial charge in [0.05, 0.1) is 5.69 Å². The van der Waals surface area contributed by atoms with E-state index in [1.807, 2.05) is 32.0 Å². The lowest BCUT2D eigenvalue weighted by Crippen LogP contribution is -2.30. The predicted molar refractivity (Wildman–Crippen MR) is 76.1 cm³/mol. The molecule has 0 fully saturated rings. The number of nitrogens with two attached hydrogens (primary N) is 1. The Bertz CT molecular complexity index is 606. The molecule has 0 spiro atoms. The summed E-state index contributed by atoms with van der Waals surface area (Å²) < 4.78 is 5.80. The first-order chi connectivity index (χ1) is 9.61. The van der Waals surface area contributed by atoms with E-state index in [1.54, 1.807) is 18.2 Å². The Labute approximate surface area is 117 Å². The number of pyridine rings is 1. The number of amides is 1. The van der Waals surface area contributed by atoms with Crippen molar-refractivity contribution in [3.8, 4) is 5.75 Å². The van der Waals surface area contributed by atoms with Crippen LogP contribution in [0.3, 0.4) is 0 Å². The maximum absolute atomic E-state index is 11.4. The highest BCUT2D eigenvalue weighted by atomic mass is 16.5.